The molecule has 102 valence electrons. The van der Waals surface area contributed by atoms with Gasteiger partial charge in [-0.25, -0.2) is 4.79 Å². The van der Waals surface area contributed by atoms with E-state index in [2.05, 4.69) is 11.6 Å². The van der Waals surface area contributed by atoms with E-state index >= 15 is 0 Å². The summed E-state index contributed by atoms with van der Waals surface area (Å²) in [6.07, 6.45) is 3.68. The average molecular weight is 295 g/mol. The summed E-state index contributed by atoms with van der Waals surface area (Å²) in [6, 6.07) is -1.26. The molecule has 0 unspecified atom stereocenters. The summed E-state index contributed by atoms with van der Waals surface area (Å²) in [6.45, 7) is 3.55. The molecule has 0 aliphatic rings. The Bertz CT molecular complexity index is 330. The Morgan fingerprint density at radius 3 is 2.37 bits per heavy atom. The van der Waals surface area contributed by atoms with Crippen LogP contribution in [0.2, 0.25) is 0 Å². The summed E-state index contributed by atoms with van der Waals surface area (Å²) in [5, 5.41) is 28.6. The van der Waals surface area contributed by atoms with Crippen LogP contribution in [0.15, 0.2) is 17.6 Å². The van der Waals surface area contributed by atoms with Crippen molar-refractivity contribution in [1.82, 2.24) is 0 Å². The number of unbranched alkanes of at least 4 members (excludes halogenated alkanes) is 2. The van der Waals surface area contributed by atoms with E-state index in [4.69, 9.17) is 10.2 Å². The van der Waals surface area contributed by atoms with Crippen molar-refractivity contribution in [1.29, 1.82) is 0 Å². The minimum absolute atomic E-state index is 0. The van der Waals surface area contributed by atoms with Crippen LogP contribution in [0.1, 0.15) is 38.5 Å². The number of rotatable bonds is 10. The summed E-state index contributed by atoms with van der Waals surface area (Å²) in [4.78, 5) is 24.6. The van der Waals surface area contributed by atoms with Gasteiger partial charge in [-0.2, -0.15) is 0 Å². The van der Waals surface area contributed by atoms with Crippen molar-refractivity contribution in [2.75, 3.05) is 0 Å². The number of aliphatic imine (C=N–C) groups is 1. The molecule has 1 atom stereocenters. The number of nitrogens with zero attached hydrogens (tertiary/aromatic N) is 1. The Hall–Kier alpha value is -0.214. The third-order valence-corrected chi connectivity index (χ3v) is 2.27. The first-order valence-corrected chi connectivity index (χ1v) is 5.76. The average Bonchev–Trinajstić information content (AvgIpc) is 2.29. The van der Waals surface area contributed by atoms with Crippen LogP contribution in [0.5, 0.6) is 0 Å². The quantitative estimate of drug-likeness (QED) is 0.156. The van der Waals surface area contributed by atoms with Crippen molar-refractivity contribution in [3.63, 3.8) is 0 Å². The minimum Gasteiger partial charge on any atom is -0.862 e. The van der Waals surface area contributed by atoms with Crippen LogP contribution in [-0.2, 0) is 9.59 Å². The molecule has 0 fully saturated rings. The van der Waals surface area contributed by atoms with E-state index in [1.165, 1.54) is 0 Å². The van der Waals surface area contributed by atoms with Gasteiger partial charge in [-0.15, -0.1) is 6.58 Å². The van der Waals surface area contributed by atoms with Crippen LogP contribution in [0, 0.1) is 0 Å². The zero-order valence-electron chi connectivity index (χ0n) is 11.2. The van der Waals surface area contributed by atoms with Crippen molar-refractivity contribution < 1.29 is 76.3 Å². The molecule has 0 spiro atoms. The van der Waals surface area contributed by atoms with Gasteiger partial charge in [0.15, 0.2) is 0 Å². The Kier molecular flexibility index (Phi) is 14.2. The number of allylic oxidation sites excluding steroid dienone is 1. The summed E-state index contributed by atoms with van der Waals surface area (Å²) in [5.41, 5.74) is 0. The van der Waals surface area contributed by atoms with Gasteiger partial charge in [-0.05, 0) is 38.0 Å². The SMILES string of the molecule is C=CCCCCC([O-])=N[C@@H](CCC(=O)O)C(=O)O.[K+]. The third kappa shape index (κ3) is 12.6. The summed E-state index contributed by atoms with van der Waals surface area (Å²) in [5.74, 6) is -2.86. The summed E-state index contributed by atoms with van der Waals surface area (Å²) >= 11 is 0. The molecule has 6 nitrogen and oxygen atoms in total. The number of carbonyl (C=O) groups is 2. The molecule has 0 aliphatic heterocycles. The van der Waals surface area contributed by atoms with Gasteiger partial charge in [0.1, 0.15) is 6.04 Å². The van der Waals surface area contributed by atoms with Gasteiger partial charge >= 0.3 is 63.3 Å². The molecular formula is C12H18KNO5. The molecule has 0 aliphatic carbocycles. The molecule has 0 aromatic rings. The van der Waals surface area contributed by atoms with Crippen molar-refractivity contribution in [2.45, 2.75) is 44.6 Å². The molecule has 19 heavy (non-hydrogen) atoms. The van der Waals surface area contributed by atoms with Gasteiger partial charge in [0.05, 0.1) is 0 Å². The van der Waals surface area contributed by atoms with Crippen LogP contribution in [-0.4, -0.2) is 34.1 Å². The van der Waals surface area contributed by atoms with E-state index in [9.17, 15) is 14.7 Å². The predicted molar refractivity (Wildman–Crippen MR) is 64.4 cm³/mol. The van der Waals surface area contributed by atoms with E-state index in [0.29, 0.717) is 6.42 Å². The molecule has 0 radical (unpaired) electrons. The monoisotopic (exact) mass is 295 g/mol. The van der Waals surface area contributed by atoms with E-state index in [-0.39, 0.29) is 70.6 Å². The molecule has 2 N–H and O–H groups in total. The molecule has 0 saturated carbocycles. The number of aliphatic carboxylic acids is 2. The summed E-state index contributed by atoms with van der Waals surface area (Å²) in [7, 11) is 0. The normalized spacial score (nSPS) is 12.3. The second kappa shape index (κ2) is 12.8. The second-order valence-corrected chi connectivity index (χ2v) is 3.84. The third-order valence-electron chi connectivity index (χ3n) is 2.27. The fourth-order valence-electron chi connectivity index (χ4n) is 1.31. The van der Waals surface area contributed by atoms with Crippen molar-refractivity contribution in [3.05, 3.63) is 12.7 Å². The van der Waals surface area contributed by atoms with Gasteiger partial charge in [0.2, 0.25) is 0 Å². The Morgan fingerprint density at radius 2 is 1.89 bits per heavy atom. The van der Waals surface area contributed by atoms with Gasteiger partial charge < -0.3 is 15.3 Å². The first-order valence-electron chi connectivity index (χ1n) is 5.76. The Labute approximate surface area is 155 Å². The zero-order valence-corrected chi connectivity index (χ0v) is 14.3. The Morgan fingerprint density at radius 1 is 1.26 bits per heavy atom. The molecule has 0 amide bonds. The molecule has 0 saturated heterocycles. The van der Waals surface area contributed by atoms with Gasteiger partial charge in [0.25, 0.3) is 0 Å². The van der Waals surface area contributed by atoms with E-state index in [1.807, 2.05) is 0 Å². The Balaban J connectivity index is 0. The van der Waals surface area contributed by atoms with E-state index in [0.717, 1.165) is 12.8 Å². The van der Waals surface area contributed by atoms with Crippen molar-refractivity contribution in [3.8, 4) is 0 Å². The van der Waals surface area contributed by atoms with Gasteiger partial charge in [0, 0.05) is 6.42 Å². The number of carboxylic acid groups (broad SMARTS) is 2. The fourth-order valence-corrected chi connectivity index (χ4v) is 1.31. The first kappa shape index (κ1) is 21.1. The standard InChI is InChI=1S/C12H19NO5.K/c1-2-3-4-5-6-10(14)13-9(12(17)18)7-8-11(15)16;/h2,9H,1,3-8H2,(H,13,14)(H,15,16)(H,17,18);/q;+1/p-1/t9-;/m0./s1. The zero-order chi connectivity index (χ0) is 14.0. The smallest absolute Gasteiger partial charge is 0.862 e. The van der Waals surface area contributed by atoms with Gasteiger partial charge in [-0.1, -0.05) is 6.08 Å². The maximum atomic E-state index is 11.4. The molecule has 0 heterocycles. The number of carboxylic acids is 2. The maximum absolute atomic E-state index is 11.4. The van der Waals surface area contributed by atoms with Crippen LogP contribution >= 0.6 is 0 Å². The molecule has 7 heteroatoms. The van der Waals surface area contributed by atoms with Crippen molar-refractivity contribution >= 4 is 17.8 Å². The van der Waals surface area contributed by atoms with Crippen LogP contribution < -0.4 is 56.5 Å². The van der Waals surface area contributed by atoms with Crippen LogP contribution in [0.3, 0.4) is 0 Å². The minimum atomic E-state index is -1.27. The molecule has 0 aromatic carbocycles. The van der Waals surface area contributed by atoms with Crippen LogP contribution in [0.25, 0.3) is 0 Å². The van der Waals surface area contributed by atoms with Crippen LogP contribution in [0.4, 0.5) is 0 Å². The molecule has 0 rings (SSSR count). The molecular weight excluding hydrogens is 277 g/mol. The summed E-state index contributed by atoms with van der Waals surface area (Å²) < 4.78 is 0. The first-order chi connectivity index (χ1) is 8.47. The largest absolute Gasteiger partial charge is 1.00 e. The predicted octanol–water partition coefficient (Wildman–Crippen LogP) is -2.19. The molecule has 0 bridgehead atoms. The number of hydrogen-bond acceptors (Lipinski definition) is 4. The number of hydrogen-bond donors (Lipinski definition) is 2. The maximum Gasteiger partial charge on any atom is 1.00 e. The van der Waals surface area contributed by atoms with Crippen molar-refractivity contribution in [2.24, 2.45) is 4.99 Å². The molecule has 0 aromatic heterocycles. The second-order valence-electron chi connectivity index (χ2n) is 3.84. The van der Waals surface area contributed by atoms with Gasteiger partial charge in [-0.3, -0.25) is 9.79 Å². The van der Waals surface area contributed by atoms with E-state index < -0.39 is 23.9 Å². The van der Waals surface area contributed by atoms with E-state index in [1.54, 1.807) is 6.08 Å². The fraction of sp³-hybridized carbons (Fsp3) is 0.583. The topological polar surface area (TPSA) is 110 Å².